The van der Waals surface area contributed by atoms with Crippen molar-refractivity contribution in [1.82, 2.24) is 34.0 Å². The third-order valence-electron chi connectivity index (χ3n) is 4.22. The van der Waals surface area contributed by atoms with Gasteiger partial charge in [-0.25, -0.2) is 14.6 Å². The number of benzene rings is 1. The topological polar surface area (TPSA) is 104 Å². The highest BCUT2D eigenvalue weighted by molar-refractivity contribution is 5.73. The molecule has 4 aromatic heterocycles. The highest BCUT2D eigenvalue weighted by atomic mass is 15.5. The number of fused-ring (bicyclic) bond motifs is 1. The van der Waals surface area contributed by atoms with E-state index in [1.54, 1.807) is 31.0 Å². The van der Waals surface area contributed by atoms with Crippen molar-refractivity contribution < 1.29 is 0 Å². The maximum absolute atomic E-state index is 5.66. The van der Waals surface area contributed by atoms with Gasteiger partial charge in [-0.15, -0.1) is 0 Å². The van der Waals surface area contributed by atoms with E-state index < -0.39 is 0 Å². The van der Waals surface area contributed by atoms with Crippen LogP contribution in [0, 0.1) is 0 Å². The molecule has 0 radical (unpaired) electrons. The largest absolute Gasteiger partial charge is 0.323 e. The Hall–Kier alpha value is -4.14. The summed E-state index contributed by atoms with van der Waals surface area (Å²) in [6.07, 6.45) is 10.5. The number of nitrogens with zero attached hydrogens (tertiary/aromatic N) is 7. The van der Waals surface area contributed by atoms with Gasteiger partial charge in [0, 0.05) is 24.0 Å². The zero-order chi connectivity index (χ0) is 18.2. The molecule has 4 heterocycles. The van der Waals surface area contributed by atoms with Crippen molar-refractivity contribution in [2.75, 3.05) is 11.2 Å². The summed E-state index contributed by atoms with van der Waals surface area (Å²) in [5.41, 5.74) is 3.40. The molecular formula is C18H15N9. The van der Waals surface area contributed by atoms with Gasteiger partial charge in [-0.1, -0.05) is 18.2 Å². The quantitative estimate of drug-likeness (QED) is 0.478. The van der Waals surface area contributed by atoms with Crippen LogP contribution in [0.4, 0.5) is 11.6 Å². The van der Waals surface area contributed by atoms with Crippen LogP contribution in [0.15, 0.2) is 73.6 Å². The molecule has 0 atom stereocenters. The molecule has 0 aliphatic heterocycles. The van der Waals surface area contributed by atoms with Crippen LogP contribution in [0.25, 0.3) is 22.6 Å². The molecule has 0 amide bonds. The van der Waals surface area contributed by atoms with Crippen LogP contribution in [0.5, 0.6) is 0 Å². The van der Waals surface area contributed by atoms with E-state index in [9.17, 15) is 0 Å². The molecule has 0 saturated heterocycles. The van der Waals surface area contributed by atoms with E-state index in [1.807, 2.05) is 51.7 Å². The first-order chi connectivity index (χ1) is 13.3. The fourth-order valence-electron chi connectivity index (χ4n) is 2.99. The van der Waals surface area contributed by atoms with E-state index in [-0.39, 0.29) is 0 Å². The Morgan fingerprint density at radius 1 is 0.926 bits per heavy atom. The monoisotopic (exact) mass is 357 g/mol. The molecule has 0 fully saturated rings. The maximum Gasteiger partial charge on any atom is 0.180 e. The van der Waals surface area contributed by atoms with Gasteiger partial charge in [-0.3, -0.25) is 4.40 Å². The average Bonchev–Trinajstić information content (AvgIpc) is 3.42. The van der Waals surface area contributed by atoms with Crippen LogP contribution in [0.2, 0.25) is 0 Å². The van der Waals surface area contributed by atoms with Crippen LogP contribution < -0.4 is 11.2 Å². The first-order valence-corrected chi connectivity index (χ1v) is 8.28. The van der Waals surface area contributed by atoms with Gasteiger partial charge in [0.1, 0.15) is 5.82 Å². The third-order valence-corrected chi connectivity index (χ3v) is 4.22. The fourth-order valence-corrected chi connectivity index (χ4v) is 2.99. The number of imidazole rings is 1. The Kier molecular flexibility index (Phi) is 3.36. The molecule has 27 heavy (non-hydrogen) atoms. The molecule has 1 aromatic carbocycles. The average molecular weight is 357 g/mol. The van der Waals surface area contributed by atoms with Crippen molar-refractivity contribution in [2.45, 2.75) is 0 Å². The molecule has 5 rings (SSSR count). The van der Waals surface area contributed by atoms with Crippen LogP contribution in [0.3, 0.4) is 0 Å². The normalized spacial score (nSPS) is 11.1. The number of para-hydroxylation sites is 1. The van der Waals surface area contributed by atoms with E-state index >= 15 is 0 Å². The number of anilines is 2. The predicted molar refractivity (Wildman–Crippen MR) is 101 cm³/mol. The molecule has 9 nitrogen and oxygen atoms in total. The van der Waals surface area contributed by atoms with Gasteiger partial charge in [0.05, 0.1) is 36.2 Å². The second-order valence-electron chi connectivity index (χ2n) is 5.91. The number of rotatable bonds is 4. The van der Waals surface area contributed by atoms with Crippen molar-refractivity contribution in [1.29, 1.82) is 0 Å². The van der Waals surface area contributed by atoms with Gasteiger partial charge < -0.3 is 11.2 Å². The Balaban J connectivity index is 1.56. The van der Waals surface area contributed by atoms with Crippen LogP contribution in [-0.4, -0.2) is 34.0 Å². The standard InChI is InChI=1S/C18H15N9/c19-26-12-13(10-23-26)15-11-21-18-17(20-8-9-25(15)18)24-16-6-7-22-27(16)14-4-2-1-3-5-14/h1-12H,19H2,(H,20,24). The van der Waals surface area contributed by atoms with E-state index in [2.05, 4.69) is 25.5 Å². The molecule has 0 aliphatic carbocycles. The smallest absolute Gasteiger partial charge is 0.180 e. The summed E-state index contributed by atoms with van der Waals surface area (Å²) in [6.45, 7) is 0. The summed E-state index contributed by atoms with van der Waals surface area (Å²) in [5.74, 6) is 7.08. The number of nitrogens with two attached hydrogens (primary N) is 1. The first-order valence-electron chi connectivity index (χ1n) is 8.28. The minimum Gasteiger partial charge on any atom is -0.323 e. The molecule has 0 unspecified atom stereocenters. The summed E-state index contributed by atoms with van der Waals surface area (Å²) in [4.78, 5) is 10.2. The second-order valence-corrected chi connectivity index (χ2v) is 5.91. The molecule has 0 aliphatic rings. The van der Waals surface area contributed by atoms with E-state index in [4.69, 9.17) is 5.84 Å². The highest BCUT2D eigenvalue weighted by Gasteiger charge is 2.13. The Labute approximate surface area is 153 Å². The fraction of sp³-hybridized carbons (Fsp3) is 0. The minimum atomic E-state index is 0.626. The highest BCUT2D eigenvalue weighted by Crippen LogP contribution is 2.25. The molecule has 0 bridgehead atoms. The maximum atomic E-state index is 5.66. The lowest BCUT2D eigenvalue weighted by molar-refractivity contribution is 0.832. The molecular weight excluding hydrogens is 342 g/mol. The number of aromatic nitrogens is 7. The van der Waals surface area contributed by atoms with Gasteiger partial charge >= 0.3 is 0 Å². The Bertz CT molecular complexity index is 1220. The van der Waals surface area contributed by atoms with Gasteiger partial charge in [0.2, 0.25) is 0 Å². The lowest BCUT2D eigenvalue weighted by Crippen LogP contribution is -2.07. The zero-order valence-corrected chi connectivity index (χ0v) is 14.1. The van der Waals surface area contributed by atoms with Gasteiger partial charge in [0.15, 0.2) is 11.5 Å². The van der Waals surface area contributed by atoms with Crippen molar-refractivity contribution in [3.05, 3.63) is 73.6 Å². The third kappa shape index (κ3) is 2.58. The van der Waals surface area contributed by atoms with Crippen molar-refractivity contribution in [3.63, 3.8) is 0 Å². The predicted octanol–water partition coefficient (Wildman–Crippen LogP) is 2.24. The van der Waals surface area contributed by atoms with Crippen molar-refractivity contribution in [2.24, 2.45) is 0 Å². The van der Waals surface area contributed by atoms with E-state index in [0.717, 1.165) is 22.8 Å². The molecule has 0 spiro atoms. The minimum absolute atomic E-state index is 0.626. The summed E-state index contributed by atoms with van der Waals surface area (Å²) in [6, 6.07) is 11.8. The SMILES string of the molecule is Nn1cc(-c2cnc3c(Nc4ccnn4-c4ccccc4)nccn23)cn1. The summed E-state index contributed by atoms with van der Waals surface area (Å²) in [5, 5.41) is 11.7. The zero-order valence-electron chi connectivity index (χ0n) is 14.1. The molecule has 9 heteroatoms. The molecule has 132 valence electrons. The van der Waals surface area contributed by atoms with Crippen molar-refractivity contribution >= 4 is 17.3 Å². The van der Waals surface area contributed by atoms with Gasteiger partial charge in [0.25, 0.3) is 0 Å². The molecule has 5 aromatic rings. The number of nitrogens with one attached hydrogen (secondary N) is 1. The number of hydrogen-bond acceptors (Lipinski definition) is 6. The van der Waals surface area contributed by atoms with Crippen molar-refractivity contribution in [3.8, 4) is 16.9 Å². The summed E-state index contributed by atoms with van der Waals surface area (Å²) in [7, 11) is 0. The second kappa shape index (κ2) is 5.99. The van der Waals surface area contributed by atoms with E-state index in [1.165, 1.54) is 4.79 Å². The van der Waals surface area contributed by atoms with Crippen LogP contribution >= 0.6 is 0 Å². The van der Waals surface area contributed by atoms with E-state index in [0.29, 0.717) is 11.5 Å². The lowest BCUT2D eigenvalue weighted by Gasteiger charge is -2.10. The molecule has 0 saturated carbocycles. The van der Waals surface area contributed by atoms with Gasteiger partial charge in [-0.05, 0) is 12.1 Å². The number of nitrogen functional groups attached to an aromatic ring is 1. The Morgan fingerprint density at radius 2 is 1.81 bits per heavy atom. The number of hydrogen-bond donors (Lipinski definition) is 2. The van der Waals surface area contributed by atoms with Crippen LogP contribution in [0.1, 0.15) is 0 Å². The molecule has 3 N–H and O–H groups in total. The lowest BCUT2D eigenvalue weighted by atomic mass is 10.3. The Morgan fingerprint density at radius 3 is 2.63 bits per heavy atom. The summed E-state index contributed by atoms with van der Waals surface area (Å²) >= 11 is 0. The summed E-state index contributed by atoms with van der Waals surface area (Å²) < 4.78 is 3.75. The van der Waals surface area contributed by atoms with Gasteiger partial charge in [-0.2, -0.15) is 15.0 Å². The van der Waals surface area contributed by atoms with Crippen LogP contribution in [-0.2, 0) is 0 Å². The first kappa shape index (κ1) is 15.1.